The highest BCUT2D eigenvalue weighted by Crippen LogP contribution is 2.60. The summed E-state index contributed by atoms with van der Waals surface area (Å²) in [4.78, 5) is 27.7. The number of rotatable bonds is 9. The molecule has 1 aromatic rings. The molecule has 148 valence electrons. The SMILES string of the molecule is CC(C)C(OCC1(COc2cc(N)nc(N)n2)CC1)(C(C)C)P(=O)(O)O. The molecule has 0 aromatic carbocycles. The quantitative estimate of drug-likeness (QED) is 0.465. The Morgan fingerprint density at radius 3 is 2.19 bits per heavy atom. The zero-order valence-electron chi connectivity index (χ0n) is 15.7. The van der Waals surface area contributed by atoms with E-state index in [1.54, 1.807) is 27.7 Å². The molecule has 1 aliphatic carbocycles. The van der Waals surface area contributed by atoms with Crippen molar-refractivity contribution in [1.29, 1.82) is 0 Å². The van der Waals surface area contributed by atoms with Gasteiger partial charge in [-0.3, -0.25) is 4.57 Å². The van der Waals surface area contributed by atoms with E-state index in [0.29, 0.717) is 6.61 Å². The topological polar surface area (TPSA) is 154 Å². The first-order valence-corrected chi connectivity index (χ1v) is 10.3. The van der Waals surface area contributed by atoms with Crippen molar-refractivity contribution in [3.63, 3.8) is 0 Å². The van der Waals surface area contributed by atoms with E-state index in [0.717, 1.165) is 12.8 Å². The van der Waals surface area contributed by atoms with Crippen LogP contribution in [0.25, 0.3) is 0 Å². The number of nitrogens with zero attached hydrogens (tertiary/aromatic N) is 2. The highest BCUT2D eigenvalue weighted by molar-refractivity contribution is 7.53. The van der Waals surface area contributed by atoms with E-state index in [-0.39, 0.29) is 41.5 Å². The molecule has 0 atom stereocenters. The fourth-order valence-corrected chi connectivity index (χ4v) is 4.87. The summed E-state index contributed by atoms with van der Waals surface area (Å²) in [6.45, 7) is 7.56. The number of nitrogens with two attached hydrogens (primary N) is 2. The van der Waals surface area contributed by atoms with Gasteiger partial charge in [-0.25, -0.2) is 0 Å². The molecule has 0 saturated heterocycles. The Morgan fingerprint density at radius 1 is 1.19 bits per heavy atom. The molecule has 6 N–H and O–H groups in total. The zero-order chi connectivity index (χ0) is 19.8. The van der Waals surface area contributed by atoms with E-state index in [2.05, 4.69) is 9.97 Å². The van der Waals surface area contributed by atoms with Crippen molar-refractivity contribution < 1.29 is 23.8 Å². The van der Waals surface area contributed by atoms with Gasteiger partial charge in [-0.2, -0.15) is 9.97 Å². The molecule has 0 radical (unpaired) electrons. The molecule has 1 aliphatic rings. The number of hydrogen-bond donors (Lipinski definition) is 4. The molecule has 0 unspecified atom stereocenters. The van der Waals surface area contributed by atoms with E-state index in [1.165, 1.54) is 6.07 Å². The Balaban J connectivity index is 2.08. The lowest BCUT2D eigenvalue weighted by atomic mass is 9.95. The molecule has 10 heteroatoms. The van der Waals surface area contributed by atoms with Crippen LogP contribution in [-0.2, 0) is 9.30 Å². The van der Waals surface area contributed by atoms with Crippen molar-refractivity contribution in [3.05, 3.63) is 6.07 Å². The molecule has 1 fully saturated rings. The van der Waals surface area contributed by atoms with E-state index in [1.807, 2.05) is 0 Å². The van der Waals surface area contributed by atoms with Gasteiger partial charge < -0.3 is 30.7 Å². The van der Waals surface area contributed by atoms with Crippen LogP contribution in [0.3, 0.4) is 0 Å². The fraction of sp³-hybridized carbons (Fsp3) is 0.750. The molecular weight excluding hydrogens is 359 g/mol. The maximum atomic E-state index is 12.2. The summed E-state index contributed by atoms with van der Waals surface area (Å²) in [5.41, 5.74) is 10.9. The summed E-state index contributed by atoms with van der Waals surface area (Å²) in [6, 6.07) is 1.48. The van der Waals surface area contributed by atoms with Crippen LogP contribution in [0, 0.1) is 17.3 Å². The summed E-state index contributed by atoms with van der Waals surface area (Å²) in [5, 5.41) is -1.52. The van der Waals surface area contributed by atoms with E-state index in [9.17, 15) is 14.4 Å². The van der Waals surface area contributed by atoms with Crippen LogP contribution >= 0.6 is 7.60 Å². The molecule has 9 nitrogen and oxygen atoms in total. The van der Waals surface area contributed by atoms with Gasteiger partial charge in [0.25, 0.3) is 0 Å². The standard InChI is InChI=1S/C16H29N4O5P/c1-10(2)16(11(3)4,26(21,22)23)25-9-15(5-6-15)8-24-13-7-12(17)19-14(18)20-13/h7,10-11H,5-6,8-9H2,1-4H3,(H2,21,22,23)(H4,17,18,19,20). The molecule has 1 aromatic heterocycles. The lowest BCUT2D eigenvalue weighted by Crippen LogP contribution is -2.45. The maximum absolute atomic E-state index is 12.2. The van der Waals surface area contributed by atoms with E-state index in [4.69, 9.17) is 20.9 Å². The highest BCUT2D eigenvalue weighted by Gasteiger charge is 2.56. The average Bonchev–Trinajstić information content (AvgIpc) is 3.23. The molecule has 26 heavy (non-hydrogen) atoms. The van der Waals surface area contributed by atoms with Crippen LogP contribution in [0.15, 0.2) is 6.07 Å². The predicted octanol–water partition coefficient (Wildman–Crippen LogP) is 2.00. The number of nitrogen functional groups attached to an aromatic ring is 2. The van der Waals surface area contributed by atoms with Crippen molar-refractivity contribution in [2.45, 2.75) is 45.9 Å². The number of ether oxygens (including phenoxy) is 2. The molecule has 1 saturated carbocycles. The Kier molecular flexibility index (Phi) is 5.87. The third-order valence-electron chi connectivity index (χ3n) is 4.94. The Morgan fingerprint density at radius 2 is 1.77 bits per heavy atom. The summed E-state index contributed by atoms with van der Waals surface area (Å²) < 4.78 is 23.9. The Hall–Kier alpha value is -1.41. The highest BCUT2D eigenvalue weighted by atomic mass is 31.2. The maximum Gasteiger partial charge on any atom is 0.357 e. The smallest absolute Gasteiger partial charge is 0.357 e. The Bertz CT molecular complexity index is 659. The first kappa shape index (κ1) is 20.9. The molecule has 0 amide bonds. The van der Waals surface area contributed by atoms with Crippen molar-refractivity contribution in [2.75, 3.05) is 24.7 Å². The first-order valence-electron chi connectivity index (χ1n) is 8.64. The second-order valence-corrected chi connectivity index (χ2v) is 9.46. The van der Waals surface area contributed by atoms with Crippen molar-refractivity contribution in [2.24, 2.45) is 17.3 Å². The van der Waals surface area contributed by atoms with Gasteiger partial charge in [-0.15, -0.1) is 0 Å². The first-order chi connectivity index (χ1) is 11.9. The van der Waals surface area contributed by atoms with Gasteiger partial charge in [0.15, 0.2) is 5.34 Å². The van der Waals surface area contributed by atoms with E-state index >= 15 is 0 Å². The minimum atomic E-state index is -4.48. The minimum absolute atomic E-state index is 0.0289. The van der Waals surface area contributed by atoms with Gasteiger partial charge in [-0.05, 0) is 24.7 Å². The molecule has 0 aliphatic heterocycles. The molecule has 0 bridgehead atoms. The van der Waals surface area contributed by atoms with Crippen LogP contribution in [0.5, 0.6) is 5.88 Å². The predicted molar refractivity (Wildman–Crippen MR) is 98.4 cm³/mol. The van der Waals surface area contributed by atoms with E-state index < -0.39 is 12.9 Å². The third-order valence-corrected chi connectivity index (χ3v) is 7.01. The van der Waals surface area contributed by atoms with Crippen LogP contribution in [0.4, 0.5) is 11.8 Å². The van der Waals surface area contributed by atoms with Crippen molar-refractivity contribution in [1.82, 2.24) is 9.97 Å². The minimum Gasteiger partial charge on any atom is -0.477 e. The zero-order valence-corrected chi connectivity index (χ0v) is 16.6. The summed E-state index contributed by atoms with van der Waals surface area (Å²) in [7, 11) is -4.48. The van der Waals surface area contributed by atoms with Gasteiger partial charge in [-0.1, -0.05) is 27.7 Å². The normalized spacial score (nSPS) is 16.9. The largest absolute Gasteiger partial charge is 0.477 e. The fourth-order valence-electron chi connectivity index (χ4n) is 3.29. The number of aromatic nitrogens is 2. The number of hydrogen-bond acceptors (Lipinski definition) is 7. The lowest BCUT2D eigenvalue weighted by Gasteiger charge is -2.42. The second kappa shape index (κ2) is 7.31. The summed E-state index contributed by atoms with van der Waals surface area (Å²) in [6.07, 6.45) is 1.69. The monoisotopic (exact) mass is 388 g/mol. The molecule has 2 rings (SSSR count). The Labute approximate surface area is 153 Å². The lowest BCUT2D eigenvalue weighted by molar-refractivity contribution is -0.0837. The second-order valence-electron chi connectivity index (χ2n) is 7.67. The van der Waals surface area contributed by atoms with Gasteiger partial charge in [0.1, 0.15) is 5.82 Å². The average molecular weight is 388 g/mol. The van der Waals surface area contributed by atoms with Gasteiger partial charge in [0.2, 0.25) is 11.8 Å². The third kappa shape index (κ3) is 4.28. The van der Waals surface area contributed by atoms with Gasteiger partial charge in [0.05, 0.1) is 13.2 Å². The van der Waals surface area contributed by atoms with Crippen LogP contribution in [0.1, 0.15) is 40.5 Å². The summed E-state index contributed by atoms with van der Waals surface area (Å²) >= 11 is 0. The molecule has 1 heterocycles. The van der Waals surface area contributed by atoms with Crippen LogP contribution < -0.4 is 16.2 Å². The number of anilines is 2. The van der Waals surface area contributed by atoms with Crippen LogP contribution in [0.2, 0.25) is 0 Å². The summed E-state index contributed by atoms with van der Waals surface area (Å²) in [5.74, 6) is -0.173. The molecular formula is C16H29N4O5P. The van der Waals surface area contributed by atoms with Crippen molar-refractivity contribution in [3.8, 4) is 5.88 Å². The molecule has 0 spiro atoms. The van der Waals surface area contributed by atoms with Gasteiger partial charge in [0, 0.05) is 11.5 Å². The van der Waals surface area contributed by atoms with Crippen molar-refractivity contribution >= 4 is 19.4 Å². The van der Waals surface area contributed by atoms with Gasteiger partial charge >= 0.3 is 7.60 Å². The van der Waals surface area contributed by atoms with Crippen LogP contribution in [-0.4, -0.2) is 38.3 Å².